The molecule has 5 nitrogen and oxygen atoms in total. The van der Waals surface area contributed by atoms with Gasteiger partial charge in [-0.25, -0.2) is 4.98 Å². The van der Waals surface area contributed by atoms with E-state index in [1.807, 2.05) is 49.0 Å². The topological polar surface area (TPSA) is 59.8 Å². The predicted molar refractivity (Wildman–Crippen MR) is 105 cm³/mol. The van der Waals surface area contributed by atoms with Gasteiger partial charge in [0.25, 0.3) is 5.91 Å². The molecule has 0 aliphatic heterocycles. The molecule has 0 unspecified atom stereocenters. The highest BCUT2D eigenvalue weighted by Crippen LogP contribution is 2.26. The summed E-state index contributed by atoms with van der Waals surface area (Å²) in [4.78, 5) is 17.6. The first-order valence-electron chi connectivity index (χ1n) is 9.28. The molecule has 2 aromatic heterocycles. The van der Waals surface area contributed by atoms with Gasteiger partial charge in [0.15, 0.2) is 0 Å². The Balaban J connectivity index is 1.93. The number of hydrogen-bond donors (Lipinski definition) is 1. The number of amides is 1. The van der Waals surface area contributed by atoms with E-state index in [-0.39, 0.29) is 5.91 Å². The molecule has 0 saturated carbocycles. The number of nitrogens with zero attached hydrogens (tertiary/aromatic N) is 3. The molecule has 3 aromatic rings. The van der Waals surface area contributed by atoms with Gasteiger partial charge in [0.1, 0.15) is 0 Å². The number of fused-ring (bicyclic) bond motifs is 1. The number of carbonyl (C=O) groups is 1. The van der Waals surface area contributed by atoms with Crippen LogP contribution >= 0.6 is 0 Å². The lowest BCUT2D eigenvalue weighted by Crippen LogP contribution is -2.24. The van der Waals surface area contributed by atoms with Crippen molar-refractivity contribution in [2.24, 2.45) is 7.05 Å². The summed E-state index contributed by atoms with van der Waals surface area (Å²) >= 11 is 0. The normalized spacial score (nSPS) is 11.0. The number of unbranched alkanes of at least 4 members (excludes halogenated alkanes) is 3. The molecule has 0 spiro atoms. The van der Waals surface area contributed by atoms with E-state index in [0.29, 0.717) is 12.1 Å². The molecule has 2 heterocycles. The van der Waals surface area contributed by atoms with Gasteiger partial charge in [-0.15, -0.1) is 0 Å². The van der Waals surface area contributed by atoms with Crippen LogP contribution in [0.1, 0.15) is 48.7 Å². The summed E-state index contributed by atoms with van der Waals surface area (Å²) in [5.74, 6) is -0.0390. The van der Waals surface area contributed by atoms with Crippen molar-refractivity contribution in [2.45, 2.75) is 39.5 Å². The van der Waals surface area contributed by atoms with Crippen LogP contribution in [0, 0.1) is 6.92 Å². The monoisotopic (exact) mass is 350 g/mol. The van der Waals surface area contributed by atoms with Gasteiger partial charge in [0.05, 0.1) is 23.0 Å². The molecule has 26 heavy (non-hydrogen) atoms. The van der Waals surface area contributed by atoms with Gasteiger partial charge < -0.3 is 5.32 Å². The van der Waals surface area contributed by atoms with Crippen LogP contribution in [0.25, 0.3) is 22.2 Å². The van der Waals surface area contributed by atoms with E-state index in [2.05, 4.69) is 17.3 Å². The van der Waals surface area contributed by atoms with Crippen molar-refractivity contribution < 1.29 is 4.79 Å². The summed E-state index contributed by atoms with van der Waals surface area (Å²) in [5.41, 5.74) is 4.26. The van der Waals surface area contributed by atoms with Crippen molar-refractivity contribution in [3.05, 3.63) is 47.8 Å². The van der Waals surface area contributed by atoms with Gasteiger partial charge >= 0.3 is 0 Å². The number of benzene rings is 1. The van der Waals surface area contributed by atoms with Gasteiger partial charge in [-0.1, -0.05) is 44.4 Å². The second kappa shape index (κ2) is 8.13. The van der Waals surface area contributed by atoms with Crippen molar-refractivity contribution in [3.63, 3.8) is 0 Å². The smallest absolute Gasteiger partial charge is 0.252 e. The Labute approximate surface area is 154 Å². The van der Waals surface area contributed by atoms with Crippen molar-refractivity contribution in [2.75, 3.05) is 6.54 Å². The summed E-state index contributed by atoms with van der Waals surface area (Å²) in [6, 6.07) is 9.67. The molecule has 0 radical (unpaired) electrons. The number of aryl methyl sites for hydroxylation is 1. The zero-order valence-electron chi connectivity index (χ0n) is 15.7. The largest absolute Gasteiger partial charge is 0.352 e. The van der Waals surface area contributed by atoms with E-state index in [1.54, 1.807) is 6.20 Å². The Morgan fingerprint density at radius 1 is 1.19 bits per heavy atom. The highest BCUT2D eigenvalue weighted by Gasteiger charge is 2.15. The van der Waals surface area contributed by atoms with Crippen LogP contribution < -0.4 is 5.32 Å². The maximum absolute atomic E-state index is 12.8. The Bertz CT molecular complexity index is 914. The van der Waals surface area contributed by atoms with Crippen LogP contribution in [0.15, 0.2) is 36.5 Å². The third-order valence-corrected chi connectivity index (χ3v) is 4.79. The van der Waals surface area contributed by atoms with Crippen LogP contribution in [-0.4, -0.2) is 27.2 Å². The lowest BCUT2D eigenvalue weighted by atomic mass is 10.0. The molecule has 1 aromatic carbocycles. The van der Waals surface area contributed by atoms with Gasteiger partial charge in [-0.2, -0.15) is 5.10 Å². The van der Waals surface area contributed by atoms with Gasteiger partial charge in [0, 0.05) is 30.2 Å². The average molecular weight is 350 g/mol. The van der Waals surface area contributed by atoms with E-state index in [0.717, 1.165) is 40.7 Å². The molecular weight excluding hydrogens is 324 g/mol. The lowest BCUT2D eigenvalue weighted by molar-refractivity contribution is 0.0954. The van der Waals surface area contributed by atoms with E-state index in [1.165, 1.54) is 12.8 Å². The quantitative estimate of drug-likeness (QED) is 0.648. The number of carbonyl (C=O) groups excluding carboxylic acids is 1. The zero-order chi connectivity index (χ0) is 18.5. The van der Waals surface area contributed by atoms with Gasteiger partial charge in [-0.05, 0) is 25.5 Å². The third kappa shape index (κ3) is 3.77. The first-order valence-corrected chi connectivity index (χ1v) is 9.28. The second-order valence-corrected chi connectivity index (χ2v) is 6.66. The lowest BCUT2D eigenvalue weighted by Gasteiger charge is -2.10. The molecule has 0 saturated heterocycles. The Morgan fingerprint density at radius 3 is 2.73 bits per heavy atom. The maximum atomic E-state index is 12.8. The summed E-state index contributed by atoms with van der Waals surface area (Å²) in [6.07, 6.45) is 6.36. The molecule has 1 N–H and O–H groups in total. The van der Waals surface area contributed by atoms with Crippen LogP contribution in [0.3, 0.4) is 0 Å². The van der Waals surface area contributed by atoms with Crippen LogP contribution in [0.4, 0.5) is 0 Å². The number of nitrogens with one attached hydrogen (secondary N) is 1. The van der Waals surface area contributed by atoms with Crippen molar-refractivity contribution in [3.8, 4) is 11.3 Å². The molecule has 3 rings (SSSR count). The molecule has 0 aliphatic rings. The number of para-hydroxylation sites is 1. The van der Waals surface area contributed by atoms with Crippen LogP contribution in [0.5, 0.6) is 0 Å². The SMILES string of the molecule is CCCCCCNC(=O)c1cc(-c2cnn(C)c2C)nc2ccccc12. The molecule has 0 aliphatic carbocycles. The minimum absolute atomic E-state index is 0.0390. The molecule has 0 atom stereocenters. The summed E-state index contributed by atoms with van der Waals surface area (Å²) < 4.78 is 1.82. The predicted octanol–water partition coefficient (Wildman–Crippen LogP) is 4.25. The van der Waals surface area contributed by atoms with E-state index in [9.17, 15) is 4.79 Å². The fourth-order valence-corrected chi connectivity index (χ4v) is 3.10. The van der Waals surface area contributed by atoms with Crippen molar-refractivity contribution in [1.29, 1.82) is 0 Å². The maximum Gasteiger partial charge on any atom is 0.252 e. The standard InChI is InChI=1S/C21H26N4O/c1-4-5-6-9-12-22-21(26)17-13-20(18-14-23-25(3)15(18)2)24-19-11-8-7-10-16(17)19/h7-8,10-11,13-14H,4-6,9,12H2,1-3H3,(H,22,26). The third-order valence-electron chi connectivity index (χ3n) is 4.79. The van der Waals surface area contributed by atoms with Gasteiger partial charge in [0.2, 0.25) is 0 Å². The Morgan fingerprint density at radius 2 is 2.00 bits per heavy atom. The van der Waals surface area contributed by atoms with Gasteiger partial charge in [-0.3, -0.25) is 9.48 Å². The fraction of sp³-hybridized carbons (Fsp3) is 0.381. The minimum atomic E-state index is -0.0390. The van der Waals surface area contributed by atoms with E-state index >= 15 is 0 Å². The molecule has 0 fully saturated rings. The Kier molecular flexibility index (Phi) is 5.66. The number of pyridine rings is 1. The first kappa shape index (κ1) is 18.1. The zero-order valence-corrected chi connectivity index (χ0v) is 15.7. The highest BCUT2D eigenvalue weighted by molar-refractivity contribution is 6.07. The molecule has 0 bridgehead atoms. The summed E-state index contributed by atoms with van der Waals surface area (Å²) in [5, 5.41) is 8.24. The molecule has 136 valence electrons. The number of hydrogen-bond acceptors (Lipinski definition) is 3. The summed E-state index contributed by atoms with van der Waals surface area (Å²) in [7, 11) is 1.91. The van der Waals surface area contributed by atoms with Crippen LogP contribution in [0.2, 0.25) is 0 Å². The van der Waals surface area contributed by atoms with Crippen LogP contribution in [-0.2, 0) is 7.05 Å². The minimum Gasteiger partial charge on any atom is -0.352 e. The van der Waals surface area contributed by atoms with E-state index < -0.39 is 0 Å². The average Bonchev–Trinajstić information content (AvgIpc) is 2.99. The summed E-state index contributed by atoms with van der Waals surface area (Å²) in [6.45, 7) is 4.90. The number of rotatable bonds is 7. The molecule has 5 heteroatoms. The second-order valence-electron chi connectivity index (χ2n) is 6.66. The fourth-order valence-electron chi connectivity index (χ4n) is 3.10. The van der Waals surface area contributed by atoms with Crippen molar-refractivity contribution in [1.82, 2.24) is 20.1 Å². The number of aromatic nitrogens is 3. The van der Waals surface area contributed by atoms with E-state index in [4.69, 9.17) is 4.98 Å². The Hall–Kier alpha value is -2.69. The van der Waals surface area contributed by atoms with Crippen molar-refractivity contribution >= 4 is 16.8 Å². The first-order chi connectivity index (χ1) is 12.6. The highest BCUT2D eigenvalue weighted by atomic mass is 16.1. The molecular formula is C21H26N4O. The molecule has 1 amide bonds.